The minimum atomic E-state index is -0.168. The summed E-state index contributed by atoms with van der Waals surface area (Å²) in [6.45, 7) is 0. The summed E-state index contributed by atoms with van der Waals surface area (Å²) in [5.74, 6) is 0.862. The number of furan rings is 1. The third kappa shape index (κ3) is 5.29. The van der Waals surface area contributed by atoms with Crippen LogP contribution in [0.15, 0.2) is 185 Å². The second-order valence-corrected chi connectivity index (χ2v) is 16.2. The Morgan fingerprint density at radius 3 is 2.18 bits per heavy atom. The van der Waals surface area contributed by atoms with Gasteiger partial charge in [-0.25, -0.2) is 4.99 Å². The van der Waals surface area contributed by atoms with E-state index in [0.29, 0.717) is 0 Å². The first kappa shape index (κ1) is 32.5. The normalized spacial score (nSPS) is 17.2. The predicted molar refractivity (Wildman–Crippen MR) is 239 cm³/mol. The smallest absolute Gasteiger partial charge is 0.143 e. The number of amidine groups is 1. The molecule has 0 amide bonds. The number of rotatable bonds is 5. The molecule has 2 aliphatic rings. The van der Waals surface area contributed by atoms with Gasteiger partial charge < -0.3 is 14.3 Å². The van der Waals surface area contributed by atoms with Gasteiger partial charge in [0, 0.05) is 58.5 Å². The number of nitrogens with zero attached hydrogens (tertiary/aromatic N) is 2. The molecule has 6 heteroatoms. The van der Waals surface area contributed by atoms with Gasteiger partial charge in [0.15, 0.2) is 0 Å². The Kier molecular flexibility index (Phi) is 7.37. The summed E-state index contributed by atoms with van der Waals surface area (Å²) in [5, 5.41) is 14.7. The van der Waals surface area contributed by atoms with Crippen LogP contribution in [0.4, 0.5) is 0 Å². The third-order valence-corrected chi connectivity index (χ3v) is 12.9. The molecule has 2 N–H and O–H groups in total. The predicted octanol–water partition coefficient (Wildman–Crippen LogP) is 13.0. The number of thiophene rings is 1. The minimum Gasteiger partial charge on any atom is -0.455 e. The van der Waals surface area contributed by atoms with E-state index >= 15 is 0 Å². The van der Waals surface area contributed by atoms with Gasteiger partial charge in [-0.15, -0.1) is 11.3 Å². The van der Waals surface area contributed by atoms with Gasteiger partial charge in [0.2, 0.25) is 0 Å². The highest BCUT2D eigenvalue weighted by molar-refractivity contribution is 7.25. The Balaban J connectivity index is 0.955. The molecule has 0 saturated heterocycles. The van der Waals surface area contributed by atoms with Gasteiger partial charge in [0.25, 0.3) is 0 Å². The van der Waals surface area contributed by atoms with Crippen LogP contribution in [0.25, 0.3) is 80.7 Å². The summed E-state index contributed by atoms with van der Waals surface area (Å²) in [4.78, 5) is 5.20. The fourth-order valence-electron chi connectivity index (χ4n) is 9.01. The molecule has 0 bridgehead atoms. The molecular formula is C51H36N4OS. The molecule has 2 unspecified atom stereocenters. The van der Waals surface area contributed by atoms with E-state index in [-0.39, 0.29) is 12.3 Å². The first-order valence-corrected chi connectivity index (χ1v) is 20.5. The average molecular weight is 753 g/mol. The topological polar surface area (TPSA) is 54.5 Å². The van der Waals surface area contributed by atoms with Crippen LogP contribution in [0.5, 0.6) is 0 Å². The summed E-state index contributed by atoms with van der Waals surface area (Å²) in [6.07, 6.45) is 8.48. The second kappa shape index (κ2) is 12.9. The van der Waals surface area contributed by atoms with E-state index in [4.69, 9.17) is 9.41 Å². The molecule has 272 valence electrons. The van der Waals surface area contributed by atoms with Gasteiger partial charge in [0.05, 0.1) is 11.0 Å². The maximum absolute atomic E-state index is 6.84. The van der Waals surface area contributed by atoms with Crippen LogP contribution in [-0.4, -0.2) is 16.6 Å². The van der Waals surface area contributed by atoms with Crippen molar-refractivity contribution in [3.8, 4) is 16.8 Å². The number of hydrogen-bond donors (Lipinski definition) is 2. The Bertz CT molecular complexity index is 3270. The first-order chi connectivity index (χ1) is 28.2. The van der Waals surface area contributed by atoms with Crippen LogP contribution in [0.2, 0.25) is 0 Å². The van der Waals surface area contributed by atoms with E-state index in [1.165, 1.54) is 53.2 Å². The van der Waals surface area contributed by atoms with Crippen LogP contribution < -0.4 is 10.6 Å². The van der Waals surface area contributed by atoms with Crippen LogP contribution in [0, 0.1) is 0 Å². The molecule has 0 spiro atoms. The van der Waals surface area contributed by atoms with Crippen molar-refractivity contribution in [2.45, 2.75) is 25.2 Å². The van der Waals surface area contributed by atoms with Crippen molar-refractivity contribution in [3.63, 3.8) is 0 Å². The highest BCUT2D eigenvalue weighted by Gasteiger charge is 2.27. The largest absolute Gasteiger partial charge is 0.455 e. The quantitative estimate of drug-likeness (QED) is 0.184. The van der Waals surface area contributed by atoms with Crippen LogP contribution in [0.3, 0.4) is 0 Å². The summed E-state index contributed by atoms with van der Waals surface area (Å²) >= 11 is 1.85. The number of aliphatic imine (C=N–C) groups is 1. The molecule has 7 aromatic carbocycles. The van der Waals surface area contributed by atoms with Crippen molar-refractivity contribution >= 4 is 81.1 Å². The second-order valence-electron chi connectivity index (χ2n) is 15.1. The third-order valence-electron chi connectivity index (χ3n) is 11.8. The number of aromatic nitrogens is 1. The van der Waals surface area contributed by atoms with Crippen molar-refractivity contribution in [1.82, 2.24) is 15.2 Å². The van der Waals surface area contributed by atoms with E-state index in [2.05, 4.69) is 185 Å². The molecule has 3 aromatic heterocycles. The van der Waals surface area contributed by atoms with E-state index < -0.39 is 0 Å². The van der Waals surface area contributed by atoms with E-state index in [0.717, 1.165) is 62.9 Å². The van der Waals surface area contributed by atoms with Gasteiger partial charge in [-0.3, -0.25) is 5.32 Å². The fourth-order valence-corrected chi connectivity index (χ4v) is 10.1. The summed E-state index contributed by atoms with van der Waals surface area (Å²) in [5.41, 5.74) is 11.1. The summed E-state index contributed by atoms with van der Waals surface area (Å²) < 4.78 is 11.8. The van der Waals surface area contributed by atoms with Crippen molar-refractivity contribution < 1.29 is 4.42 Å². The molecule has 0 fully saturated rings. The first-order valence-electron chi connectivity index (χ1n) is 19.7. The van der Waals surface area contributed by atoms with Crippen molar-refractivity contribution in [1.29, 1.82) is 0 Å². The Morgan fingerprint density at radius 2 is 1.37 bits per heavy atom. The maximum atomic E-state index is 6.84. The van der Waals surface area contributed by atoms with E-state index in [1.54, 1.807) is 0 Å². The highest BCUT2D eigenvalue weighted by atomic mass is 32.1. The zero-order chi connectivity index (χ0) is 37.5. The lowest BCUT2D eigenvalue weighted by atomic mass is 9.99. The molecule has 12 rings (SSSR count). The SMILES string of the molecule is C1=CCCC(C2NC(c3ccc4c(c3)oc3c(-c5ccc6sc7ccc(-n8c9ccccc9c9ccccc98)cc7c6c5)cccc34)=NC(c3ccccc3)N2)=C1. The number of para-hydroxylation sites is 3. The lowest BCUT2D eigenvalue weighted by molar-refractivity contribution is 0.429. The van der Waals surface area contributed by atoms with Crippen molar-refractivity contribution in [2.24, 2.45) is 4.99 Å². The van der Waals surface area contributed by atoms with Gasteiger partial charge in [-0.2, -0.15) is 0 Å². The van der Waals surface area contributed by atoms with Crippen molar-refractivity contribution in [2.75, 3.05) is 0 Å². The maximum Gasteiger partial charge on any atom is 0.143 e. The summed E-state index contributed by atoms with van der Waals surface area (Å²) in [7, 11) is 0. The molecule has 0 radical (unpaired) electrons. The molecule has 4 heterocycles. The standard InChI is InChI=1S/C51H36N4OS/c1-3-12-31(13-4-1)49-52-50(32-14-5-2-6-15-32)54-51(53-49)34-22-25-39-40-19-11-18-36(48(40)56-45(39)29-34)33-23-26-46-41(28-33)42-30-35(24-27-47(42)57-46)55-43-20-9-7-16-37(43)38-17-8-10-21-44(38)55/h1-5,7-14,16-30,49-50,52H,6,15H2,(H,53,54). The molecule has 1 aliphatic heterocycles. The Morgan fingerprint density at radius 1 is 0.632 bits per heavy atom. The lowest BCUT2D eigenvalue weighted by Gasteiger charge is -2.33. The molecule has 0 saturated carbocycles. The van der Waals surface area contributed by atoms with Gasteiger partial charge >= 0.3 is 0 Å². The van der Waals surface area contributed by atoms with Gasteiger partial charge in [-0.05, 0) is 84.1 Å². The van der Waals surface area contributed by atoms with Crippen LogP contribution >= 0.6 is 11.3 Å². The monoisotopic (exact) mass is 752 g/mol. The zero-order valence-electron chi connectivity index (χ0n) is 30.9. The van der Waals surface area contributed by atoms with Crippen LogP contribution in [0.1, 0.15) is 30.1 Å². The lowest BCUT2D eigenvalue weighted by Crippen LogP contribution is -2.52. The molecule has 10 aromatic rings. The van der Waals surface area contributed by atoms with E-state index in [9.17, 15) is 0 Å². The molecule has 57 heavy (non-hydrogen) atoms. The number of allylic oxidation sites excluding steroid dienone is 3. The minimum absolute atomic E-state index is 0.0215. The highest BCUT2D eigenvalue weighted by Crippen LogP contribution is 2.42. The van der Waals surface area contributed by atoms with Gasteiger partial charge in [-0.1, -0.05) is 115 Å². The average Bonchev–Trinajstić information content (AvgIpc) is 3.95. The number of nitrogens with one attached hydrogen (secondary N) is 2. The number of hydrogen-bond acceptors (Lipinski definition) is 5. The number of benzene rings is 7. The number of fused-ring (bicyclic) bond motifs is 9. The molecular weight excluding hydrogens is 717 g/mol. The zero-order valence-corrected chi connectivity index (χ0v) is 31.8. The molecule has 1 aliphatic carbocycles. The van der Waals surface area contributed by atoms with Crippen molar-refractivity contribution in [3.05, 3.63) is 187 Å². The fraction of sp³-hybridized carbons (Fsp3) is 0.0784. The Hall–Kier alpha value is -6.73. The van der Waals surface area contributed by atoms with Gasteiger partial charge in [0.1, 0.15) is 29.3 Å². The molecule has 2 atom stereocenters. The Labute approximate surface area is 332 Å². The van der Waals surface area contributed by atoms with Crippen LogP contribution in [-0.2, 0) is 0 Å². The van der Waals surface area contributed by atoms with E-state index in [1.807, 2.05) is 11.3 Å². The molecule has 5 nitrogen and oxygen atoms in total. The summed E-state index contributed by atoms with van der Waals surface area (Å²) in [6, 6.07) is 54.7.